The molecule has 27 heavy (non-hydrogen) atoms. The molecule has 144 valence electrons. The first-order valence-corrected chi connectivity index (χ1v) is 9.06. The zero-order valence-electron chi connectivity index (χ0n) is 15.1. The van der Waals surface area contributed by atoms with E-state index in [9.17, 15) is 18.0 Å². The quantitative estimate of drug-likeness (QED) is 0.686. The molecule has 0 bridgehead atoms. The predicted octanol–water partition coefficient (Wildman–Crippen LogP) is 2.11. The van der Waals surface area contributed by atoms with Crippen LogP contribution < -0.4 is 9.47 Å². The molecule has 0 radical (unpaired) electrons. The number of hydrogen-bond acceptors (Lipinski definition) is 8. The highest BCUT2D eigenvalue weighted by Gasteiger charge is 2.24. The van der Waals surface area contributed by atoms with E-state index in [-0.39, 0.29) is 32.4 Å². The van der Waals surface area contributed by atoms with E-state index in [2.05, 4.69) is 9.47 Å². The maximum atomic E-state index is 13.0. The molecule has 0 spiro atoms. The Hall–Kier alpha value is -3.07. The van der Waals surface area contributed by atoms with Gasteiger partial charge in [0, 0.05) is 0 Å². The lowest BCUT2D eigenvalue weighted by atomic mass is 10.2. The molecule has 0 N–H and O–H groups in total. The van der Waals surface area contributed by atoms with Crippen molar-refractivity contribution in [2.45, 2.75) is 9.79 Å². The number of ether oxygens (including phenoxy) is 4. The molecule has 0 fully saturated rings. The number of rotatable bonds is 6. The minimum absolute atomic E-state index is 0.0391. The van der Waals surface area contributed by atoms with Crippen LogP contribution in [0.5, 0.6) is 11.5 Å². The number of carbonyl (C=O) groups is 2. The molecule has 0 aliphatic rings. The van der Waals surface area contributed by atoms with Crippen LogP contribution in [0.4, 0.5) is 0 Å². The number of benzene rings is 2. The monoisotopic (exact) mass is 394 g/mol. The molecule has 2 rings (SSSR count). The van der Waals surface area contributed by atoms with Crippen LogP contribution in [0.2, 0.25) is 0 Å². The Morgan fingerprint density at radius 1 is 0.704 bits per heavy atom. The molecule has 0 atom stereocenters. The topological polar surface area (TPSA) is 105 Å². The van der Waals surface area contributed by atoms with Gasteiger partial charge in [-0.3, -0.25) is 0 Å². The van der Waals surface area contributed by atoms with Crippen LogP contribution in [0.3, 0.4) is 0 Å². The highest BCUT2D eigenvalue weighted by atomic mass is 32.2. The number of sulfone groups is 1. The molecule has 0 aromatic heterocycles. The van der Waals surface area contributed by atoms with Gasteiger partial charge in [0.2, 0.25) is 9.84 Å². The van der Waals surface area contributed by atoms with Crippen molar-refractivity contribution in [3.05, 3.63) is 47.5 Å². The fourth-order valence-electron chi connectivity index (χ4n) is 2.38. The fraction of sp³-hybridized carbons (Fsp3) is 0.222. The van der Waals surface area contributed by atoms with Crippen molar-refractivity contribution in [2.24, 2.45) is 0 Å². The van der Waals surface area contributed by atoms with E-state index in [1.54, 1.807) is 0 Å². The minimum Gasteiger partial charge on any atom is -0.496 e. The lowest BCUT2D eigenvalue weighted by Crippen LogP contribution is -2.10. The predicted molar refractivity (Wildman–Crippen MR) is 94.1 cm³/mol. The molecule has 0 aliphatic heterocycles. The second-order valence-corrected chi connectivity index (χ2v) is 7.16. The summed E-state index contributed by atoms with van der Waals surface area (Å²) in [4.78, 5) is 23.5. The second-order valence-electron chi connectivity index (χ2n) is 5.21. The molecule has 9 heteroatoms. The molecule has 0 unspecified atom stereocenters. The van der Waals surface area contributed by atoms with Crippen LogP contribution in [0.1, 0.15) is 20.7 Å². The van der Waals surface area contributed by atoms with Gasteiger partial charge in [-0.25, -0.2) is 18.0 Å². The van der Waals surface area contributed by atoms with E-state index >= 15 is 0 Å². The molecule has 0 saturated heterocycles. The van der Waals surface area contributed by atoms with Gasteiger partial charge in [0.15, 0.2) is 0 Å². The average molecular weight is 394 g/mol. The Balaban J connectivity index is 2.62. The molecule has 0 saturated carbocycles. The van der Waals surface area contributed by atoms with Crippen LogP contribution >= 0.6 is 0 Å². The highest BCUT2D eigenvalue weighted by molar-refractivity contribution is 7.91. The third-order valence-electron chi connectivity index (χ3n) is 3.77. The summed E-state index contributed by atoms with van der Waals surface area (Å²) >= 11 is 0. The van der Waals surface area contributed by atoms with Gasteiger partial charge >= 0.3 is 11.9 Å². The van der Waals surface area contributed by atoms with Crippen molar-refractivity contribution in [3.63, 3.8) is 0 Å². The standard InChI is InChI=1S/C18H18O8S/c1-23-15-7-5-11(9-13(15)17(19)25-3)27(21,22)12-6-8-16(24-2)14(10-12)18(20)26-4/h5-10H,1-4H3. The van der Waals surface area contributed by atoms with Crippen LogP contribution in [0, 0.1) is 0 Å². The second kappa shape index (κ2) is 8.09. The maximum Gasteiger partial charge on any atom is 0.341 e. The van der Waals surface area contributed by atoms with Crippen LogP contribution in [-0.2, 0) is 19.3 Å². The molecular weight excluding hydrogens is 376 g/mol. The van der Waals surface area contributed by atoms with Crippen molar-refractivity contribution in [1.82, 2.24) is 0 Å². The molecule has 2 aromatic carbocycles. The Labute approximate surface area is 156 Å². The molecule has 0 heterocycles. The lowest BCUT2D eigenvalue weighted by molar-refractivity contribution is 0.0587. The van der Waals surface area contributed by atoms with Crippen molar-refractivity contribution in [3.8, 4) is 11.5 Å². The largest absolute Gasteiger partial charge is 0.496 e. The Kier molecular flexibility index (Phi) is 6.06. The number of hydrogen-bond donors (Lipinski definition) is 0. The summed E-state index contributed by atoms with van der Waals surface area (Å²) in [7, 11) is 1.01. The van der Waals surface area contributed by atoms with Gasteiger partial charge in [-0.1, -0.05) is 0 Å². The van der Waals surface area contributed by atoms with Gasteiger partial charge in [-0.15, -0.1) is 0 Å². The first-order valence-electron chi connectivity index (χ1n) is 7.58. The van der Waals surface area contributed by atoms with E-state index < -0.39 is 21.8 Å². The summed E-state index contributed by atoms with van der Waals surface area (Å²) < 4.78 is 45.4. The third-order valence-corrected chi connectivity index (χ3v) is 5.52. The van der Waals surface area contributed by atoms with Crippen molar-refractivity contribution >= 4 is 21.8 Å². The zero-order valence-corrected chi connectivity index (χ0v) is 16.0. The van der Waals surface area contributed by atoms with E-state index in [1.807, 2.05) is 0 Å². The lowest BCUT2D eigenvalue weighted by Gasteiger charge is -2.12. The van der Waals surface area contributed by atoms with Gasteiger partial charge in [-0.05, 0) is 36.4 Å². The normalized spacial score (nSPS) is 10.8. The first-order chi connectivity index (χ1) is 12.8. The molecular formula is C18H18O8S. The third kappa shape index (κ3) is 3.87. The summed E-state index contributed by atoms with van der Waals surface area (Å²) in [5.41, 5.74) is -0.0782. The van der Waals surface area contributed by atoms with E-state index in [4.69, 9.17) is 9.47 Å². The summed E-state index contributed by atoms with van der Waals surface area (Å²) in [6.45, 7) is 0. The van der Waals surface area contributed by atoms with Crippen LogP contribution in [-0.4, -0.2) is 48.8 Å². The minimum atomic E-state index is -4.04. The van der Waals surface area contributed by atoms with Crippen LogP contribution in [0.15, 0.2) is 46.2 Å². The Bertz CT molecular complexity index is 905. The summed E-state index contributed by atoms with van der Waals surface area (Å²) in [5, 5.41) is 0. The van der Waals surface area contributed by atoms with Crippen molar-refractivity contribution in [2.75, 3.05) is 28.4 Å². The van der Waals surface area contributed by atoms with Crippen molar-refractivity contribution < 1.29 is 37.0 Å². The molecule has 2 aromatic rings. The van der Waals surface area contributed by atoms with E-state index in [0.717, 1.165) is 12.1 Å². The molecule has 8 nitrogen and oxygen atoms in total. The number of carbonyl (C=O) groups excluding carboxylic acids is 2. The summed E-state index contributed by atoms with van der Waals surface area (Å²) in [6, 6.07) is 7.60. The molecule has 0 amide bonds. The first kappa shape index (κ1) is 20.2. The SMILES string of the molecule is COC(=O)c1cc(S(=O)(=O)c2ccc(OC)c(C(=O)OC)c2)ccc1OC. The van der Waals surface area contributed by atoms with Gasteiger partial charge in [0.25, 0.3) is 0 Å². The smallest absolute Gasteiger partial charge is 0.341 e. The zero-order chi connectivity index (χ0) is 20.2. The summed E-state index contributed by atoms with van der Waals surface area (Å²) in [5.74, 6) is -1.14. The van der Waals surface area contributed by atoms with Gasteiger partial charge < -0.3 is 18.9 Å². The molecule has 0 aliphatic carbocycles. The average Bonchev–Trinajstić information content (AvgIpc) is 2.71. The van der Waals surface area contributed by atoms with Gasteiger partial charge in [-0.2, -0.15) is 0 Å². The van der Waals surface area contributed by atoms with Crippen molar-refractivity contribution in [1.29, 1.82) is 0 Å². The maximum absolute atomic E-state index is 13.0. The van der Waals surface area contributed by atoms with E-state index in [1.165, 1.54) is 52.7 Å². The Morgan fingerprint density at radius 2 is 1.07 bits per heavy atom. The van der Waals surface area contributed by atoms with Gasteiger partial charge in [0.05, 0.1) is 38.2 Å². The van der Waals surface area contributed by atoms with Gasteiger partial charge in [0.1, 0.15) is 22.6 Å². The summed E-state index contributed by atoms with van der Waals surface area (Å²) in [6.07, 6.45) is 0. The number of methoxy groups -OCH3 is 4. The van der Waals surface area contributed by atoms with Crippen LogP contribution in [0.25, 0.3) is 0 Å². The fourth-order valence-corrected chi connectivity index (χ4v) is 3.70. The van der Waals surface area contributed by atoms with E-state index in [0.29, 0.717) is 0 Å². The Morgan fingerprint density at radius 3 is 1.37 bits per heavy atom. The number of esters is 2. The highest BCUT2D eigenvalue weighted by Crippen LogP contribution is 2.30.